The van der Waals surface area contributed by atoms with E-state index in [0.717, 1.165) is 37.3 Å². The number of carboxylic acid groups (broad SMARTS) is 1. The Morgan fingerprint density at radius 2 is 2.30 bits per heavy atom. The number of hydrogen-bond donors (Lipinski definition) is 2. The number of thiophene rings is 1. The number of carboxylic acids is 1. The first-order chi connectivity index (χ1) is 9.44. The molecule has 1 aromatic heterocycles. The van der Waals surface area contributed by atoms with Gasteiger partial charge in [0.2, 0.25) is 10.0 Å². The van der Waals surface area contributed by atoms with Gasteiger partial charge < -0.3 is 5.11 Å². The van der Waals surface area contributed by atoms with Crippen molar-refractivity contribution < 1.29 is 18.3 Å². The summed E-state index contributed by atoms with van der Waals surface area (Å²) in [6, 6.07) is 2.88. The maximum Gasteiger partial charge on any atom is 0.345 e. The maximum atomic E-state index is 12.1. The quantitative estimate of drug-likeness (QED) is 0.823. The van der Waals surface area contributed by atoms with Crippen LogP contribution in [0.5, 0.6) is 0 Å². The standard InChI is InChI=1S/C12H18N2O4S2/c1-2-14-7-3-4-9(14)8-13-20(17,18)11-6-5-10(19-11)12(15)16/h5-6,9,13H,2-4,7-8H2,1H3,(H,15,16). The summed E-state index contributed by atoms with van der Waals surface area (Å²) in [4.78, 5) is 13.1. The zero-order valence-corrected chi connectivity index (χ0v) is 12.8. The predicted molar refractivity (Wildman–Crippen MR) is 76.7 cm³/mol. The van der Waals surface area contributed by atoms with Crippen molar-refractivity contribution in [3.8, 4) is 0 Å². The molecule has 0 radical (unpaired) electrons. The lowest BCUT2D eigenvalue weighted by atomic mass is 10.2. The lowest BCUT2D eigenvalue weighted by molar-refractivity contribution is 0.0702. The molecule has 0 saturated carbocycles. The van der Waals surface area contributed by atoms with Gasteiger partial charge in [0.05, 0.1) is 0 Å². The molecule has 1 fully saturated rings. The van der Waals surface area contributed by atoms with Crippen LogP contribution in [0.2, 0.25) is 0 Å². The molecule has 1 unspecified atom stereocenters. The van der Waals surface area contributed by atoms with Gasteiger partial charge in [-0.15, -0.1) is 11.3 Å². The topological polar surface area (TPSA) is 86.7 Å². The van der Waals surface area contributed by atoms with Gasteiger partial charge in [0.25, 0.3) is 0 Å². The number of nitrogens with zero attached hydrogens (tertiary/aromatic N) is 1. The van der Waals surface area contributed by atoms with Crippen molar-refractivity contribution in [2.45, 2.75) is 30.0 Å². The van der Waals surface area contributed by atoms with E-state index >= 15 is 0 Å². The lowest BCUT2D eigenvalue weighted by Crippen LogP contribution is -2.39. The van der Waals surface area contributed by atoms with Gasteiger partial charge in [0.1, 0.15) is 9.09 Å². The minimum atomic E-state index is -3.61. The smallest absolute Gasteiger partial charge is 0.345 e. The highest BCUT2D eigenvalue weighted by Gasteiger charge is 2.26. The van der Waals surface area contributed by atoms with Crippen LogP contribution in [0.25, 0.3) is 0 Å². The molecule has 1 saturated heterocycles. The van der Waals surface area contributed by atoms with E-state index in [9.17, 15) is 13.2 Å². The Labute approximate surface area is 122 Å². The van der Waals surface area contributed by atoms with E-state index in [1.165, 1.54) is 12.1 Å². The average molecular weight is 318 g/mol. The summed E-state index contributed by atoms with van der Waals surface area (Å²) < 4.78 is 26.8. The molecule has 112 valence electrons. The number of likely N-dealkylation sites (N-methyl/N-ethyl adjacent to an activating group) is 1. The van der Waals surface area contributed by atoms with E-state index in [1.54, 1.807) is 0 Å². The Balaban J connectivity index is 2.01. The Hall–Kier alpha value is -0.960. The highest BCUT2D eigenvalue weighted by molar-refractivity contribution is 7.91. The molecule has 2 rings (SSSR count). The second-order valence-corrected chi connectivity index (χ2v) is 7.78. The van der Waals surface area contributed by atoms with E-state index < -0.39 is 16.0 Å². The molecule has 2 heterocycles. The Kier molecular flexibility index (Phi) is 4.79. The van der Waals surface area contributed by atoms with Crippen LogP contribution in [-0.4, -0.2) is 50.1 Å². The zero-order valence-electron chi connectivity index (χ0n) is 11.2. The number of aromatic carboxylic acids is 1. The number of likely N-dealkylation sites (tertiary alicyclic amines) is 1. The summed E-state index contributed by atoms with van der Waals surface area (Å²) in [6.45, 7) is 4.35. The second-order valence-electron chi connectivity index (χ2n) is 4.70. The first kappa shape index (κ1) is 15.4. The average Bonchev–Trinajstić information content (AvgIpc) is 3.05. The molecular weight excluding hydrogens is 300 g/mol. The summed E-state index contributed by atoms with van der Waals surface area (Å²) in [5.41, 5.74) is 0. The Bertz CT molecular complexity index is 582. The molecule has 2 N–H and O–H groups in total. The van der Waals surface area contributed by atoms with Crippen molar-refractivity contribution in [3.05, 3.63) is 17.0 Å². The largest absolute Gasteiger partial charge is 0.477 e. The van der Waals surface area contributed by atoms with Crippen molar-refractivity contribution in [2.24, 2.45) is 0 Å². The molecule has 1 aliphatic heterocycles. The van der Waals surface area contributed by atoms with E-state index in [2.05, 4.69) is 16.5 Å². The van der Waals surface area contributed by atoms with Crippen LogP contribution in [0.1, 0.15) is 29.4 Å². The Morgan fingerprint density at radius 3 is 2.90 bits per heavy atom. The van der Waals surface area contributed by atoms with Crippen LogP contribution in [0, 0.1) is 0 Å². The summed E-state index contributed by atoms with van der Waals surface area (Å²) in [5, 5.41) is 8.82. The third kappa shape index (κ3) is 3.38. The van der Waals surface area contributed by atoms with Crippen molar-refractivity contribution in [3.63, 3.8) is 0 Å². The van der Waals surface area contributed by atoms with E-state index in [0.29, 0.717) is 6.54 Å². The third-order valence-corrected chi connectivity index (χ3v) is 6.46. The van der Waals surface area contributed by atoms with Crippen LogP contribution in [0.3, 0.4) is 0 Å². The van der Waals surface area contributed by atoms with Gasteiger partial charge in [-0.2, -0.15) is 0 Å². The highest BCUT2D eigenvalue weighted by atomic mass is 32.2. The molecule has 0 aromatic carbocycles. The molecule has 6 nitrogen and oxygen atoms in total. The number of rotatable bonds is 6. The van der Waals surface area contributed by atoms with Crippen molar-refractivity contribution in [2.75, 3.05) is 19.6 Å². The first-order valence-corrected chi connectivity index (χ1v) is 8.81. The summed E-state index contributed by atoms with van der Waals surface area (Å²) in [7, 11) is -3.61. The molecule has 0 amide bonds. The highest BCUT2D eigenvalue weighted by Crippen LogP contribution is 2.22. The van der Waals surface area contributed by atoms with Gasteiger partial charge in [-0.05, 0) is 38.1 Å². The minimum Gasteiger partial charge on any atom is -0.477 e. The van der Waals surface area contributed by atoms with Gasteiger partial charge in [0.15, 0.2) is 0 Å². The van der Waals surface area contributed by atoms with Crippen molar-refractivity contribution in [1.82, 2.24) is 9.62 Å². The molecular formula is C12H18N2O4S2. The van der Waals surface area contributed by atoms with Crippen LogP contribution in [-0.2, 0) is 10.0 Å². The molecule has 1 atom stereocenters. The summed E-state index contributed by atoms with van der Waals surface area (Å²) >= 11 is 0.773. The van der Waals surface area contributed by atoms with Crippen molar-refractivity contribution >= 4 is 27.3 Å². The third-order valence-electron chi connectivity index (χ3n) is 3.47. The summed E-state index contributed by atoms with van der Waals surface area (Å²) in [5.74, 6) is -1.11. The van der Waals surface area contributed by atoms with Gasteiger partial charge in [-0.3, -0.25) is 4.90 Å². The summed E-state index contributed by atoms with van der Waals surface area (Å²) in [6.07, 6.45) is 2.07. The number of carbonyl (C=O) groups is 1. The monoisotopic (exact) mass is 318 g/mol. The molecule has 20 heavy (non-hydrogen) atoms. The SMILES string of the molecule is CCN1CCCC1CNS(=O)(=O)c1ccc(C(=O)O)s1. The zero-order chi connectivity index (χ0) is 14.8. The fourth-order valence-corrected chi connectivity index (χ4v) is 4.66. The minimum absolute atomic E-state index is 0.0291. The lowest BCUT2D eigenvalue weighted by Gasteiger charge is -2.22. The number of hydrogen-bond acceptors (Lipinski definition) is 5. The van der Waals surface area contributed by atoms with Gasteiger partial charge >= 0.3 is 5.97 Å². The predicted octanol–water partition coefficient (Wildman–Crippen LogP) is 1.21. The number of nitrogens with one attached hydrogen (secondary N) is 1. The normalized spacial score (nSPS) is 20.4. The van der Waals surface area contributed by atoms with Crippen LogP contribution in [0.15, 0.2) is 16.3 Å². The van der Waals surface area contributed by atoms with Gasteiger partial charge in [0, 0.05) is 12.6 Å². The Morgan fingerprint density at radius 1 is 1.55 bits per heavy atom. The van der Waals surface area contributed by atoms with Crippen LogP contribution in [0.4, 0.5) is 0 Å². The first-order valence-electron chi connectivity index (χ1n) is 6.51. The van der Waals surface area contributed by atoms with E-state index in [1.807, 2.05) is 0 Å². The molecule has 0 aliphatic carbocycles. The molecule has 1 aliphatic rings. The fourth-order valence-electron chi connectivity index (χ4n) is 2.40. The van der Waals surface area contributed by atoms with Gasteiger partial charge in [-0.1, -0.05) is 6.92 Å². The second kappa shape index (κ2) is 6.21. The molecule has 0 bridgehead atoms. The molecule has 0 spiro atoms. The fraction of sp³-hybridized carbons (Fsp3) is 0.583. The van der Waals surface area contributed by atoms with E-state index in [4.69, 9.17) is 5.11 Å². The van der Waals surface area contributed by atoms with Gasteiger partial charge in [-0.25, -0.2) is 17.9 Å². The van der Waals surface area contributed by atoms with Crippen molar-refractivity contribution in [1.29, 1.82) is 0 Å². The van der Waals surface area contributed by atoms with Crippen LogP contribution >= 0.6 is 11.3 Å². The number of sulfonamides is 1. The maximum absolute atomic E-state index is 12.1. The molecule has 1 aromatic rings. The van der Waals surface area contributed by atoms with E-state index in [-0.39, 0.29) is 15.1 Å². The molecule has 8 heteroatoms. The van der Waals surface area contributed by atoms with Crippen LogP contribution < -0.4 is 4.72 Å².